The summed E-state index contributed by atoms with van der Waals surface area (Å²) in [6, 6.07) is 5.28. The summed E-state index contributed by atoms with van der Waals surface area (Å²) in [5.41, 5.74) is -0.136. The van der Waals surface area contributed by atoms with Crippen molar-refractivity contribution >= 4 is 17.4 Å². The van der Waals surface area contributed by atoms with Crippen LogP contribution in [0.3, 0.4) is 0 Å². The molecule has 0 unspecified atom stereocenters. The van der Waals surface area contributed by atoms with Crippen LogP contribution in [-0.2, 0) is 15.8 Å². The van der Waals surface area contributed by atoms with Crippen LogP contribution in [-0.4, -0.2) is 54.5 Å². The van der Waals surface area contributed by atoms with E-state index in [1.807, 2.05) is 4.90 Å². The van der Waals surface area contributed by atoms with Gasteiger partial charge in [-0.05, 0) is 31.0 Å². The molecule has 1 aliphatic rings. The highest BCUT2D eigenvalue weighted by atomic mass is 19.4. The Morgan fingerprint density at radius 3 is 2.21 bits per heavy atom. The number of ketones is 1. The average Bonchev–Trinajstić information content (AvgIpc) is 2.69. The Morgan fingerprint density at radius 2 is 1.61 bits per heavy atom. The number of aliphatic hydroxyl groups excluding tert-OH is 1. The molecule has 1 amide bonds. The van der Waals surface area contributed by atoms with Crippen LogP contribution in [0.5, 0.6) is 0 Å². The lowest BCUT2D eigenvalue weighted by Crippen LogP contribution is -2.48. The van der Waals surface area contributed by atoms with Gasteiger partial charge in [0, 0.05) is 44.7 Å². The molecule has 0 saturated carbocycles. The lowest BCUT2D eigenvalue weighted by molar-refractivity contribution is -0.137. The van der Waals surface area contributed by atoms with Gasteiger partial charge >= 0.3 is 6.18 Å². The Kier molecular flexibility index (Phi) is 8.29. The molecule has 5 nitrogen and oxygen atoms in total. The van der Waals surface area contributed by atoms with Crippen molar-refractivity contribution in [2.45, 2.75) is 44.7 Å². The number of Topliss-reactive ketones (excluding diaryl/α,β-unsaturated/α-hetero) is 1. The molecule has 2 rings (SSSR count). The molecule has 1 aromatic carbocycles. The van der Waals surface area contributed by atoms with Gasteiger partial charge in [0.05, 0.1) is 5.56 Å². The predicted molar refractivity (Wildman–Crippen MR) is 100 cm³/mol. The van der Waals surface area contributed by atoms with Crippen molar-refractivity contribution in [3.63, 3.8) is 0 Å². The lowest BCUT2D eigenvalue weighted by atomic mass is 10.1. The fraction of sp³-hybridized carbons (Fsp3) is 0.600. The molecule has 0 spiro atoms. The van der Waals surface area contributed by atoms with Gasteiger partial charge in [-0.1, -0.05) is 18.9 Å². The molecule has 156 valence electrons. The molecule has 0 radical (unpaired) electrons. The van der Waals surface area contributed by atoms with Crippen molar-refractivity contribution in [3.8, 4) is 0 Å². The van der Waals surface area contributed by atoms with Gasteiger partial charge in [0.1, 0.15) is 6.61 Å². The average molecular weight is 400 g/mol. The second-order valence-corrected chi connectivity index (χ2v) is 7.03. The quantitative estimate of drug-likeness (QED) is 0.647. The number of hydrogen-bond acceptors (Lipinski definition) is 4. The van der Waals surface area contributed by atoms with Crippen molar-refractivity contribution in [1.82, 2.24) is 4.90 Å². The van der Waals surface area contributed by atoms with Crippen LogP contribution in [0.15, 0.2) is 24.3 Å². The zero-order chi connectivity index (χ0) is 20.6. The summed E-state index contributed by atoms with van der Waals surface area (Å²) in [6.45, 7) is 1.61. The van der Waals surface area contributed by atoms with Gasteiger partial charge in [0.15, 0.2) is 5.78 Å². The Labute approximate surface area is 163 Å². The molecule has 28 heavy (non-hydrogen) atoms. The molecule has 1 N–H and O–H groups in total. The van der Waals surface area contributed by atoms with E-state index in [1.54, 1.807) is 11.0 Å². The Balaban J connectivity index is 1.70. The summed E-state index contributed by atoms with van der Waals surface area (Å²) < 4.78 is 38.6. The molecule has 0 atom stereocenters. The monoisotopic (exact) mass is 400 g/mol. The third-order valence-corrected chi connectivity index (χ3v) is 4.94. The van der Waals surface area contributed by atoms with E-state index < -0.39 is 18.3 Å². The Hall–Kier alpha value is -2.09. The van der Waals surface area contributed by atoms with Crippen LogP contribution in [0.4, 0.5) is 18.9 Å². The highest BCUT2D eigenvalue weighted by molar-refractivity contribution is 5.79. The summed E-state index contributed by atoms with van der Waals surface area (Å²) in [4.78, 5) is 26.9. The molecule has 1 heterocycles. The fourth-order valence-electron chi connectivity index (χ4n) is 3.28. The Bertz CT molecular complexity index is 656. The number of anilines is 1. The maximum atomic E-state index is 12.9. The van der Waals surface area contributed by atoms with E-state index in [4.69, 9.17) is 5.11 Å². The topological polar surface area (TPSA) is 60.9 Å². The summed E-state index contributed by atoms with van der Waals surface area (Å²) >= 11 is 0. The van der Waals surface area contributed by atoms with Crippen molar-refractivity contribution < 1.29 is 27.9 Å². The number of amides is 1. The van der Waals surface area contributed by atoms with E-state index >= 15 is 0 Å². The minimum Gasteiger partial charge on any atom is -0.389 e. The van der Waals surface area contributed by atoms with E-state index in [9.17, 15) is 22.8 Å². The molecule has 1 fully saturated rings. The van der Waals surface area contributed by atoms with Crippen molar-refractivity contribution in [3.05, 3.63) is 29.8 Å². The SMILES string of the molecule is O=C(CO)CCCCCCC(=O)N1CCN(c2cccc(C(F)(F)F)c2)CC1. The zero-order valence-corrected chi connectivity index (χ0v) is 15.9. The fourth-order valence-corrected chi connectivity index (χ4v) is 3.28. The molecule has 8 heteroatoms. The number of benzene rings is 1. The molecule has 0 bridgehead atoms. The smallest absolute Gasteiger partial charge is 0.389 e. The number of aliphatic hydroxyl groups is 1. The molecule has 0 aromatic heterocycles. The summed E-state index contributed by atoms with van der Waals surface area (Å²) in [6.07, 6.45) is -0.362. The maximum Gasteiger partial charge on any atom is 0.416 e. The second-order valence-electron chi connectivity index (χ2n) is 7.03. The van der Waals surface area contributed by atoms with Crippen molar-refractivity contribution in [1.29, 1.82) is 0 Å². The number of unbranched alkanes of at least 4 members (excludes halogenated alkanes) is 3. The highest BCUT2D eigenvalue weighted by Crippen LogP contribution is 2.31. The van der Waals surface area contributed by atoms with Gasteiger partial charge < -0.3 is 14.9 Å². The van der Waals surface area contributed by atoms with Crippen LogP contribution in [0.25, 0.3) is 0 Å². The standard InChI is InChI=1S/C20H27F3N2O3/c21-20(22,23)16-6-5-7-17(14-16)24-10-12-25(13-11-24)19(28)9-4-2-1-3-8-18(27)15-26/h5-7,14,26H,1-4,8-13,15H2. The lowest BCUT2D eigenvalue weighted by Gasteiger charge is -2.36. The molecular formula is C20H27F3N2O3. The number of nitrogens with zero attached hydrogens (tertiary/aromatic N) is 2. The number of piperazine rings is 1. The van der Waals surface area contributed by atoms with E-state index in [1.165, 1.54) is 6.07 Å². The second kappa shape index (κ2) is 10.5. The molecule has 1 aromatic rings. The normalized spacial score (nSPS) is 15.0. The van der Waals surface area contributed by atoms with Gasteiger partial charge in [-0.25, -0.2) is 0 Å². The number of halogens is 3. The van der Waals surface area contributed by atoms with Gasteiger partial charge in [0.25, 0.3) is 0 Å². The summed E-state index contributed by atoms with van der Waals surface area (Å²) in [7, 11) is 0. The van der Waals surface area contributed by atoms with E-state index in [-0.39, 0.29) is 11.7 Å². The first-order valence-electron chi connectivity index (χ1n) is 9.64. The molecular weight excluding hydrogens is 373 g/mol. The zero-order valence-electron chi connectivity index (χ0n) is 15.9. The number of carbonyl (C=O) groups excluding carboxylic acids is 2. The minimum absolute atomic E-state index is 0.0649. The minimum atomic E-state index is -4.36. The maximum absolute atomic E-state index is 12.9. The first kappa shape index (κ1) is 22.2. The number of carbonyl (C=O) groups is 2. The van der Waals surface area contributed by atoms with E-state index in [0.29, 0.717) is 44.7 Å². The van der Waals surface area contributed by atoms with Crippen molar-refractivity contribution in [2.75, 3.05) is 37.7 Å². The van der Waals surface area contributed by atoms with E-state index in [0.717, 1.165) is 37.8 Å². The summed E-state index contributed by atoms with van der Waals surface area (Å²) in [5.74, 6) is -0.0927. The number of hydrogen-bond donors (Lipinski definition) is 1. The van der Waals surface area contributed by atoms with Crippen LogP contribution >= 0.6 is 0 Å². The van der Waals surface area contributed by atoms with Gasteiger partial charge in [0.2, 0.25) is 5.91 Å². The van der Waals surface area contributed by atoms with Gasteiger partial charge in [-0.3, -0.25) is 9.59 Å². The first-order chi connectivity index (χ1) is 13.3. The molecule has 1 aliphatic heterocycles. The van der Waals surface area contributed by atoms with Gasteiger partial charge in [-0.15, -0.1) is 0 Å². The van der Waals surface area contributed by atoms with E-state index in [2.05, 4.69) is 0 Å². The summed E-state index contributed by atoms with van der Waals surface area (Å²) in [5, 5.41) is 8.64. The van der Waals surface area contributed by atoms with Crippen LogP contribution < -0.4 is 4.90 Å². The first-order valence-corrected chi connectivity index (χ1v) is 9.64. The third kappa shape index (κ3) is 6.82. The molecule has 0 aliphatic carbocycles. The highest BCUT2D eigenvalue weighted by Gasteiger charge is 2.31. The Morgan fingerprint density at radius 1 is 0.964 bits per heavy atom. The van der Waals surface area contributed by atoms with Crippen molar-refractivity contribution in [2.24, 2.45) is 0 Å². The third-order valence-electron chi connectivity index (χ3n) is 4.94. The number of alkyl halides is 3. The van der Waals surface area contributed by atoms with Crippen LogP contribution in [0.2, 0.25) is 0 Å². The van der Waals surface area contributed by atoms with Crippen LogP contribution in [0, 0.1) is 0 Å². The predicted octanol–water partition coefficient (Wildman–Crippen LogP) is 3.26. The molecule has 1 saturated heterocycles. The largest absolute Gasteiger partial charge is 0.416 e. The number of rotatable bonds is 9. The van der Waals surface area contributed by atoms with Gasteiger partial charge in [-0.2, -0.15) is 13.2 Å². The van der Waals surface area contributed by atoms with Crippen LogP contribution in [0.1, 0.15) is 44.1 Å².